The molecule has 0 saturated carbocycles. The molecule has 0 fully saturated rings. The van der Waals surface area contributed by atoms with Gasteiger partial charge in [0.1, 0.15) is 5.82 Å². The smallest absolute Gasteiger partial charge is 0.239 e. The highest BCUT2D eigenvalue weighted by molar-refractivity contribution is 5.92. The number of rotatable bonds is 3. The average Bonchev–Trinajstić information content (AvgIpc) is 2.40. The van der Waals surface area contributed by atoms with Crippen molar-refractivity contribution >= 4 is 22.6 Å². The van der Waals surface area contributed by atoms with Gasteiger partial charge in [-0.1, -0.05) is 38.5 Å². The summed E-state index contributed by atoms with van der Waals surface area (Å²) in [6.07, 6.45) is 1.25. The maximum Gasteiger partial charge on any atom is 0.239 e. The molecule has 0 spiro atoms. The van der Waals surface area contributed by atoms with E-state index in [9.17, 15) is 4.79 Å². The van der Waals surface area contributed by atoms with E-state index < -0.39 is 0 Å². The van der Waals surface area contributed by atoms with Crippen molar-refractivity contribution in [3.05, 3.63) is 36.4 Å². The molecule has 19 heavy (non-hydrogen) atoms. The van der Waals surface area contributed by atoms with E-state index >= 15 is 0 Å². The summed E-state index contributed by atoms with van der Waals surface area (Å²) in [4.78, 5) is 15.7. The summed E-state index contributed by atoms with van der Waals surface area (Å²) in [6.45, 7) is 4.54. The second-order valence-electron chi connectivity index (χ2n) is 4.17. The molecule has 0 saturated heterocycles. The van der Waals surface area contributed by atoms with E-state index in [1.54, 1.807) is 13.1 Å². The van der Waals surface area contributed by atoms with Crippen LogP contribution in [0, 0.1) is 0 Å². The van der Waals surface area contributed by atoms with Crippen LogP contribution in [0.3, 0.4) is 0 Å². The van der Waals surface area contributed by atoms with Gasteiger partial charge in [-0.3, -0.25) is 4.79 Å². The number of hydrogen-bond donors (Lipinski definition) is 2. The zero-order valence-electron chi connectivity index (χ0n) is 11.7. The molecule has 102 valence electrons. The number of nitrogens with zero attached hydrogens (tertiary/aromatic N) is 1. The van der Waals surface area contributed by atoms with Gasteiger partial charge in [0, 0.05) is 5.39 Å². The second-order valence-corrected chi connectivity index (χ2v) is 4.17. The molecule has 2 rings (SSSR count). The van der Waals surface area contributed by atoms with E-state index in [4.69, 9.17) is 0 Å². The number of pyridine rings is 1. The van der Waals surface area contributed by atoms with Gasteiger partial charge in [0.25, 0.3) is 0 Å². The Kier molecular flexibility index (Phi) is 6.53. The zero-order valence-corrected chi connectivity index (χ0v) is 11.7. The van der Waals surface area contributed by atoms with Gasteiger partial charge in [0.05, 0.1) is 12.1 Å². The third kappa shape index (κ3) is 5.06. The van der Waals surface area contributed by atoms with E-state index in [0.717, 1.165) is 10.9 Å². The molecule has 0 aliphatic heterocycles. The molecule has 0 atom stereocenters. The minimum Gasteiger partial charge on any atom is -0.311 e. The number of hydrogen-bond acceptors (Lipinski definition) is 3. The van der Waals surface area contributed by atoms with Gasteiger partial charge >= 0.3 is 0 Å². The highest BCUT2D eigenvalue weighted by Gasteiger charge is 2.02. The molecule has 4 heteroatoms. The molecular formula is C15H21N3O. The Morgan fingerprint density at radius 2 is 1.84 bits per heavy atom. The van der Waals surface area contributed by atoms with Crippen LogP contribution in [-0.2, 0) is 4.79 Å². The lowest BCUT2D eigenvalue weighted by atomic mass is 10.2. The first-order valence-corrected chi connectivity index (χ1v) is 6.51. The number of fused-ring (bicyclic) bond motifs is 1. The number of aromatic nitrogens is 1. The first-order chi connectivity index (χ1) is 9.21. The Bertz CT molecular complexity index is 526. The minimum absolute atomic E-state index is 0.0923. The first kappa shape index (κ1) is 15.1. The molecule has 1 amide bonds. The van der Waals surface area contributed by atoms with Crippen molar-refractivity contribution in [2.75, 3.05) is 18.9 Å². The third-order valence-electron chi connectivity index (χ3n) is 2.20. The molecule has 2 N–H and O–H groups in total. The Balaban J connectivity index is 0.000000550. The zero-order chi connectivity index (χ0) is 14.1. The number of likely N-dealkylation sites (N-methyl/N-ethyl adjacent to an activating group) is 1. The summed E-state index contributed by atoms with van der Waals surface area (Å²) in [7, 11) is 1.73. The predicted molar refractivity (Wildman–Crippen MR) is 80.3 cm³/mol. The van der Waals surface area contributed by atoms with Gasteiger partial charge in [-0.05, 0) is 25.2 Å². The van der Waals surface area contributed by atoms with E-state index in [1.165, 1.54) is 6.42 Å². The molecule has 1 heterocycles. The number of para-hydroxylation sites is 1. The lowest BCUT2D eigenvalue weighted by molar-refractivity contribution is -0.115. The monoisotopic (exact) mass is 259 g/mol. The molecule has 0 bridgehead atoms. The highest BCUT2D eigenvalue weighted by atomic mass is 16.1. The summed E-state index contributed by atoms with van der Waals surface area (Å²) in [6, 6.07) is 11.5. The summed E-state index contributed by atoms with van der Waals surface area (Å²) in [5.74, 6) is 0.490. The Morgan fingerprint density at radius 3 is 2.53 bits per heavy atom. The van der Waals surface area contributed by atoms with Crippen LogP contribution >= 0.6 is 0 Å². The van der Waals surface area contributed by atoms with Gasteiger partial charge in [0.15, 0.2) is 0 Å². The van der Waals surface area contributed by atoms with Crippen molar-refractivity contribution in [1.82, 2.24) is 10.3 Å². The number of nitrogens with one attached hydrogen (secondary N) is 2. The van der Waals surface area contributed by atoms with Crippen LogP contribution in [0.4, 0.5) is 5.82 Å². The van der Waals surface area contributed by atoms with Crippen LogP contribution in [0.5, 0.6) is 0 Å². The number of carbonyl (C=O) groups excluding carboxylic acids is 1. The van der Waals surface area contributed by atoms with Gasteiger partial charge in [-0.2, -0.15) is 0 Å². The largest absolute Gasteiger partial charge is 0.311 e. The van der Waals surface area contributed by atoms with Crippen LogP contribution < -0.4 is 10.6 Å². The summed E-state index contributed by atoms with van der Waals surface area (Å²) in [5, 5.41) is 6.57. The molecule has 0 radical (unpaired) electrons. The van der Waals surface area contributed by atoms with Gasteiger partial charge in [0.2, 0.25) is 5.91 Å². The highest BCUT2D eigenvalue weighted by Crippen LogP contribution is 2.14. The molecule has 2 aromatic rings. The minimum atomic E-state index is -0.0923. The van der Waals surface area contributed by atoms with Crippen molar-refractivity contribution < 1.29 is 4.79 Å². The van der Waals surface area contributed by atoms with Crippen LogP contribution in [-0.4, -0.2) is 24.5 Å². The molecule has 0 unspecified atom stereocenters. The van der Waals surface area contributed by atoms with Crippen LogP contribution in [0.15, 0.2) is 36.4 Å². The van der Waals surface area contributed by atoms with Gasteiger partial charge in [-0.25, -0.2) is 4.98 Å². The van der Waals surface area contributed by atoms with E-state index in [2.05, 4.69) is 29.5 Å². The topological polar surface area (TPSA) is 54.0 Å². The van der Waals surface area contributed by atoms with E-state index in [1.807, 2.05) is 30.3 Å². The first-order valence-electron chi connectivity index (χ1n) is 6.51. The third-order valence-corrected chi connectivity index (χ3v) is 2.20. The fraction of sp³-hybridized carbons (Fsp3) is 0.333. The molecule has 0 aliphatic rings. The average molecular weight is 259 g/mol. The quantitative estimate of drug-likeness (QED) is 0.891. The SMILES string of the molecule is CCC.CNCC(=O)Nc1ccc2ccccc2n1. The normalized spacial score (nSPS) is 9.63. The number of benzene rings is 1. The lowest BCUT2D eigenvalue weighted by Gasteiger charge is -2.04. The lowest BCUT2D eigenvalue weighted by Crippen LogP contribution is -2.25. The fourth-order valence-electron chi connectivity index (χ4n) is 1.48. The summed E-state index contributed by atoms with van der Waals surface area (Å²) < 4.78 is 0. The predicted octanol–water partition coefficient (Wildman–Crippen LogP) is 2.81. The molecule has 4 nitrogen and oxygen atoms in total. The second kappa shape index (κ2) is 8.21. The van der Waals surface area contributed by atoms with Crippen molar-refractivity contribution in [3.63, 3.8) is 0 Å². The van der Waals surface area contributed by atoms with Crippen LogP contribution in [0.25, 0.3) is 10.9 Å². The van der Waals surface area contributed by atoms with E-state index in [-0.39, 0.29) is 12.5 Å². The van der Waals surface area contributed by atoms with Crippen molar-refractivity contribution in [2.45, 2.75) is 20.3 Å². The Hall–Kier alpha value is -1.94. The maximum absolute atomic E-state index is 11.3. The van der Waals surface area contributed by atoms with Crippen LogP contribution in [0.2, 0.25) is 0 Å². The summed E-state index contributed by atoms with van der Waals surface area (Å²) in [5.41, 5.74) is 0.879. The molecular weight excluding hydrogens is 238 g/mol. The number of anilines is 1. The van der Waals surface area contributed by atoms with E-state index in [0.29, 0.717) is 5.82 Å². The molecule has 1 aromatic carbocycles. The summed E-state index contributed by atoms with van der Waals surface area (Å²) >= 11 is 0. The number of amides is 1. The number of carbonyl (C=O) groups is 1. The van der Waals surface area contributed by atoms with Crippen LogP contribution in [0.1, 0.15) is 20.3 Å². The van der Waals surface area contributed by atoms with Crippen molar-refractivity contribution in [3.8, 4) is 0 Å². The molecule has 0 aliphatic carbocycles. The van der Waals surface area contributed by atoms with Crippen molar-refractivity contribution in [2.24, 2.45) is 0 Å². The van der Waals surface area contributed by atoms with Gasteiger partial charge < -0.3 is 10.6 Å². The fourth-order valence-corrected chi connectivity index (χ4v) is 1.48. The molecule has 1 aromatic heterocycles. The van der Waals surface area contributed by atoms with Gasteiger partial charge in [-0.15, -0.1) is 0 Å². The Labute approximate surface area is 114 Å². The maximum atomic E-state index is 11.3. The standard InChI is InChI=1S/C12H13N3O.C3H8/c1-13-8-12(16)15-11-7-6-9-4-2-3-5-10(9)14-11;1-3-2/h2-7,13H,8H2,1H3,(H,14,15,16);3H2,1-2H3. The Morgan fingerprint density at radius 1 is 1.16 bits per heavy atom. The van der Waals surface area contributed by atoms with Crippen molar-refractivity contribution in [1.29, 1.82) is 0 Å².